The molecule has 21 heavy (non-hydrogen) atoms. The molecule has 0 bridgehead atoms. The van der Waals surface area contributed by atoms with E-state index in [4.69, 9.17) is 0 Å². The van der Waals surface area contributed by atoms with E-state index in [2.05, 4.69) is 18.3 Å². The van der Waals surface area contributed by atoms with Crippen LogP contribution in [-0.2, 0) is 16.6 Å². The first-order valence-electron chi connectivity index (χ1n) is 7.69. The number of rotatable bonds is 8. The van der Waals surface area contributed by atoms with Crippen molar-refractivity contribution in [2.45, 2.75) is 52.5 Å². The smallest absolute Gasteiger partial charge is 0.243 e. The monoisotopic (exact) mass is 312 g/mol. The van der Waals surface area contributed by atoms with E-state index >= 15 is 0 Å². The highest BCUT2D eigenvalue weighted by atomic mass is 32.2. The Kier molecular flexibility index (Phi) is 6.84. The Morgan fingerprint density at radius 2 is 1.71 bits per heavy atom. The average Bonchev–Trinajstić information content (AvgIpc) is 2.43. The molecule has 1 aromatic carbocycles. The molecule has 0 aromatic heterocycles. The number of nitrogens with one attached hydrogen (secondary N) is 1. The second kappa shape index (κ2) is 7.92. The normalized spacial score (nSPS) is 12.1. The van der Waals surface area contributed by atoms with Gasteiger partial charge in [0.2, 0.25) is 10.0 Å². The Morgan fingerprint density at radius 1 is 1.10 bits per heavy atom. The zero-order valence-corrected chi connectivity index (χ0v) is 14.7. The zero-order chi connectivity index (χ0) is 16.0. The predicted molar refractivity (Wildman–Crippen MR) is 88.0 cm³/mol. The van der Waals surface area contributed by atoms with Crippen LogP contribution < -0.4 is 5.32 Å². The van der Waals surface area contributed by atoms with Crippen molar-refractivity contribution in [3.8, 4) is 0 Å². The van der Waals surface area contributed by atoms with Crippen LogP contribution in [0.25, 0.3) is 0 Å². The van der Waals surface area contributed by atoms with Crippen molar-refractivity contribution in [3.05, 3.63) is 28.8 Å². The topological polar surface area (TPSA) is 49.4 Å². The van der Waals surface area contributed by atoms with Gasteiger partial charge in [0, 0.05) is 19.6 Å². The molecule has 0 amide bonds. The molecule has 120 valence electrons. The fourth-order valence-electron chi connectivity index (χ4n) is 2.38. The number of aryl methyl sites for hydroxylation is 1. The van der Waals surface area contributed by atoms with E-state index in [0.29, 0.717) is 24.5 Å². The second-order valence-electron chi connectivity index (χ2n) is 5.30. The molecular formula is C16H28N2O2S. The summed E-state index contributed by atoms with van der Waals surface area (Å²) in [7, 11) is -3.40. The maximum atomic E-state index is 12.8. The van der Waals surface area contributed by atoms with E-state index in [1.54, 1.807) is 0 Å². The summed E-state index contributed by atoms with van der Waals surface area (Å²) in [5.41, 5.74) is 2.90. The van der Waals surface area contributed by atoms with Gasteiger partial charge in [-0.1, -0.05) is 26.8 Å². The first kappa shape index (κ1) is 18.1. The van der Waals surface area contributed by atoms with Crippen LogP contribution in [0.4, 0.5) is 0 Å². The molecule has 0 aliphatic carbocycles. The molecule has 0 saturated carbocycles. The minimum Gasteiger partial charge on any atom is -0.313 e. The molecule has 0 fully saturated rings. The first-order valence-corrected chi connectivity index (χ1v) is 9.13. The van der Waals surface area contributed by atoms with Crippen LogP contribution in [0, 0.1) is 13.8 Å². The Balaban J connectivity index is 3.22. The summed E-state index contributed by atoms with van der Waals surface area (Å²) in [6.07, 6.45) is 1.06. The van der Waals surface area contributed by atoms with Crippen molar-refractivity contribution >= 4 is 10.0 Å². The molecule has 0 aliphatic rings. The van der Waals surface area contributed by atoms with Gasteiger partial charge in [-0.15, -0.1) is 0 Å². The second-order valence-corrected chi connectivity index (χ2v) is 7.21. The highest BCUT2D eigenvalue weighted by Gasteiger charge is 2.24. The molecule has 1 rings (SSSR count). The number of hydrogen-bond donors (Lipinski definition) is 1. The third kappa shape index (κ3) is 4.28. The summed E-state index contributed by atoms with van der Waals surface area (Å²) in [4.78, 5) is 0.444. The molecule has 0 spiro atoms. The zero-order valence-electron chi connectivity index (χ0n) is 13.9. The van der Waals surface area contributed by atoms with Crippen molar-refractivity contribution in [3.63, 3.8) is 0 Å². The quantitative estimate of drug-likeness (QED) is 0.751. The standard InChI is InChI=1S/C16H28N2O2S/c1-6-9-17-12-15-10-13(4)14(5)16(11-15)21(19,20)18(7-2)8-3/h10-11,17H,6-9,12H2,1-5H3. The Hall–Kier alpha value is -0.910. The Morgan fingerprint density at radius 3 is 2.24 bits per heavy atom. The lowest BCUT2D eigenvalue weighted by Crippen LogP contribution is -2.31. The Labute approximate surface area is 129 Å². The molecule has 0 heterocycles. The number of sulfonamides is 1. The summed E-state index contributed by atoms with van der Waals surface area (Å²) in [6.45, 7) is 12.3. The van der Waals surface area contributed by atoms with E-state index in [-0.39, 0.29) is 0 Å². The van der Waals surface area contributed by atoms with Crippen LogP contribution in [-0.4, -0.2) is 32.4 Å². The van der Waals surface area contributed by atoms with Crippen LogP contribution in [0.5, 0.6) is 0 Å². The molecule has 1 N–H and O–H groups in total. The van der Waals surface area contributed by atoms with Gasteiger partial charge in [-0.2, -0.15) is 4.31 Å². The summed E-state index contributed by atoms with van der Waals surface area (Å²) < 4.78 is 27.0. The minimum atomic E-state index is -3.40. The molecule has 0 atom stereocenters. The van der Waals surface area contributed by atoms with Crippen LogP contribution in [0.15, 0.2) is 17.0 Å². The van der Waals surface area contributed by atoms with Gasteiger partial charge in [-0.25, -0.2) is 8.42 Å². The van der Waals surface area contributed by atoms with Crippen molar-refractivity contribution in [2.24, 2.45) is 0 Å². The molecule has 0 saturated heterocycles. The highest BCUT2D eigenvalue weighted by molar-refractivity contribution is 7.89. The Bertz CT molecular complexity index is 564. The average molecular weight is 312 g/mol. The van der Waals surface area contributed by atoms with Crippen LogP contribution >= 0.6 is 0 Å². The van der Waals surface area contributed by atoms with Crippen molar-refractivity contribution in [1.29, 1.82) is 0 Å². The van der Waals surface area contributed by atoms with Crippen molar-refractivity contribution in [2.75, 3.05) is 19.6 Å². The largest absolute Gasteiger partial charge is 0.313 e. The van der Waals surface area contributed by atoms with Gasteiger partial charge in [-0.3, -0.25) is 0 Å². The lowest BCUT2D eigenvalue weighted by molar-refractivity contribution is 0.444. The third-order valence-corrected chi connectivity index (χ3v) is 5.93. The molecule has 1 aromatic rings. The summed E-state index contributed by atoms with van der Waals surface area (Å²) in [5.74, 6) is 0. The molecule has 4 nitrogen and oxygen atoms in total. The number of hydrogen-bond acceptors (Lipinski definition) is 3. The maximum absolute atomic E-state index is 12.8. The van der Waals surface area contributed by atoms with Crippen molar-refractivity contribution < 1.29 is 8.42 Å². The van der Waals surface area contributed by atoms with Crippen molar-refractivity contribution in [1.82, 2.24) is 9.62 Å². The fraction of sp³-hybridized carbons (Fsp3) is 0.625. The summed E-state index contributed by atoms with van der Waals surface area (Å²) >= 11 is 0. The van der Waals surface area contributed by atoms with Gasteiger partial charge >= 0.3 is 0 Å². The van der Waals surface area contributed by atoms with Gasteiger partial charge in [0.05, 0.1) is 4.90 Å². The molecule has 5 heteroatoms. The lowest BCUT2D eigenvalue weighted by Gasteiger charge is -2.21. The van der Waals surface area contributed by atoms with E-state index in [1.807, 2.05) is 33.8 Å². The SMILES string of the molecule is CCCNCc1cc(C)c(C)c(S(=O)(=O)N(CC)CC)c1. The van der Waals surface area contributed by atoms with Gasteiger partial charge in [0.25, 0.3) is 0 Å². The predicted octanol–water partition coefficient (Wildman–Crippen LogP) is 2.83. The minimum absolute atomic E-state index is 0.444. The number of benzene rings is 1. The maximum Gasteiger partial charge on any atom is 0.243 e. The van der Waals surface area contributed by atoms with Crippen LogP contribution in [0.3, 0.4) is 0 Å². The first-order chi connectivity index (χ1) is 9.88. The fourth-order valence-corrected chi connectivity index (χ4v) is 4.19. The van der Waals surface area contributed by atoms with Crippen LogP contribution in [0.1, 0.15) is 43.9 Å². The molecule has 0 aliphatic heterocycles. The van der Waals surface area contributed by atoms with Gasteiger partial charge in [0.1, 0.15) is 0 Å². The molecule has 0 unspecified atom stereocenters. The molecular weight excluding hydrogens is 284 g/mol. The van der Waals surface area contributed by atoms with Crippen LogP contribution in [0.2, 0.25) is 0 Å². The van der Waals surface area contributed by atoms with E-state index in [0.717, 1.165) is 29.7 Å². The van der Waals surface area contributed by atoms with Gasteiger partial charge in [0.15, 0.2) is 0 Å². The van der Waals surface area contributed by atoms with Gasteiger partial charge in [-0.05, 0) is 49.6 Å². The van der Waals surface area contributed by atoms with E-state index in [9.17, 15) is 8.42 Å². The van der Waals surface area contributed by atoms with Gasteiger partial charge < -0.3 is 5.32 Å². The van der Waals surface area contributed by atoms with E-state index in [1.165, 1.54) is 4.31 Å². The summed E-state index contributed by atoms with van der Waals surface area (Å²) in [6, 6.07) is 3.89. The van der Waals surface area contributed by atoms with E-state index < -0.39 is 10.0 Å². The molecule has 0 radical (unpaired) electrons. The number of nitrogens with zero attached hydrogens (tertiary/aromatic N) is 1. The highest BCUT2D eigenvalue weighted by Crippen LogP contribution is 2.24. The summed E-state index contributed by atoms with van der Waals surface area (Å²) in [5, 5.41) is 3.33. The lowest BCUT2D eigenvalue weighted by atomic mass is 10.1. The third-order valence-electron chi connectivity index (χ3n) is 3.76.